The summed E-state index contributed by atoms with van der Waals surface area (Å²) < 4.78 is 48.6. The van der Waals surface area contributed by atoms with Crippen molar-refractivity contribution >= 4 is 11.8 Å². The number of hydrogen-bond donors (Lipinski definition) is 1. The average molecular weight is 404 g/mol. The molecule has 9 nitrogen and oxygen atoms in total. The van der Waals surface area contributed by atoms with Gasteiger partial charge in [0.15, 0.2) is 0 Å². The van der Waals surface area contributed by atoms with Crippen LogP contribution in [0.4, 0.5) is 13.2 Å². The number of nitrogens with zero attached hydrogens (tertiary/aromatic N) is 7. The largest absolute Gasteiger partial charge is 0.494 e. The molecule has 0 aliphatic carbocycles. The third-order valence-electron chi connectivity index (χ3n) is 4.08. The molecule has 1 aliphatic heterocycles. The van der Waals surface area contributed by atoms with Crippen LogP contribution in [0.3, 0.4) is 0 Å². The van der Waals surface area contributed by atoms with Gasteiger partial charge in [-0.1, -0.05) is 0 Å². The summed E-state index contributed by atoms with van der Waals surface area (Å²) in [6, 6.07) is 6.59. The van der Waals surface area contributed by atoms with Crippen LogP contribution in [0.2, 0.25) is 0 Å². The zero-order valence-corrected chi connectivity index (χ0v) is 15.1. The van der Waals surface area contributed by atoms with Crippen molar-refractivity contribution in [1.29, 1.82) is 0 Å². The van der Waals surface area contributed by atoms with Gasteiger partial charge in [-0.05, 0) is 31.2 Å². The van der Waals surface area contributed by atoms with Crippen LogP contribution in [0.25, 0.3) is 11.3 Å². The molecule has 0 amide bonds. The number of fused-ring (bicyclic) bond motifs is 1. The minimum atomic E-state index is -4.73. The molecule has 4 rings (SSSR count). The molecular formula is C17H15F3N8O. The van der Waals surface area contributed by atoms with Crippen molar-refractivity contribution in [1.82, 2.24) is 24.3 Å². The summed E-state index contributed by atoms with van der Waals surface area (Å²) in [5, 5.41) is 15.2. The molecule has 12 heteroatoms. The lowest BCUT2D eigenvalue weighted by Crippen LogP contribution is -2.27. The second-order valence-electron chi connectivity index (χ2n) is 6.06. The molecule has 3 aromatic rings. The van der Waals surface area contributed by atoms with E-state index < -0.39 is 12.0 Å². The topological polar surface area (TPSA) is 108 Å². The predicted octanol–water partition coefficient (Wildman–Crippen LogP) is 2.14. The van der Waals surface area contributed by atoms with E-state index in [1.807, 2.05) is 6.92 Å². The van der Waals surface area contributed by atoms with Crippen LogP contribution in [0, 0.1) is 0 Å². The fourth-order valence-electron chi connectivity index (χ4n) is 2.83. The highest BCUT2D eigenvalue weighted by atomic mass is 19.4. The van der Waals surface area contributed by atoms with Crippen LogP contribution < -0.4 is 10.5 Å². The number of benzene rings is 1. The summed E-state index contributed by atoms with van der Waals surface area (Å²) in [5.41, 5.74) is 6.31. The van der Waals surface area contributed by atoms with Crippen LogP contribution in [-0.4, -0.2) is 42.7 Å². The van der Waals surface area contributed by atoms with Crippen molar-refractivity contribution in [3.8, 4) is 17.0 Å². The van der Waals surface area contributed by atoms with E-state index in [1.165, 1.54) is 17.1 Å². The van der Waals surface area contributed by atoms with E-state index >= 15 is 0 Å². The molecule has 0 unspecified atom stereocenters. The number of aromatic nitrogens is 5. The SMILES string of the molecule is CCOc1ccc(-c2cn(C3=NN=C(N)Cc4nncn43)c(C(F)(F)F)n2)cc1. The van der Waals surface area contributed by atoms with Gasteiger partial charge >= 0.3 is 6.18 Å². The Balaban J connectivity index is 1.84. The Morgan fingerprint density at radius 3 is 2.59 bits per heavy atom. The lowest BCUT2D eigenvalue weighted by molar-refractivity contribution is -0.145. The summed E-state index contributed by atoms with van der Waals surface area (Å²) in [7, 11) is 0. The van der Waals surface area contributed by atoms with Crippen LogP contribution in [-0.2, 0) is 12.6 Å². The van der Waals surface area contributed by atoms with E-state index in [4.69, 9.17) is 10.5 Å². The summed E-state index contributed by atoms with van der Waals surface area (Å²) in [5.74, 6) is -0.307. The van der Waals surface area contributed by atoms with E-state index in [0.29, 0.717) is 23.7 Å². The first-order chi connectivity index (χ1) is 13.9. The maximum absolute atomic E-state index is 13.7. The summed E-state index contributed by atoms with van der Waals surface area (Å²) >= 11 is 0. The summed E-state index contributed by atoms with van der Waals surface area (Å²) in [4.78, 5) is 3.79. The molecule has 0 spiro atoms. The number of nitrogens with two attached hydrogens (primary N) is 1. The molecule has 2 aromatic heterocycles. The summed E-state index contributed by atoms with van der Waals surface area (Å²) in [6.07, 6.45) is -2.15. The highest BCUT2D eigenvalue weighted by Gasteiger charge is 2.39. The van der Waals surface area contributed by atoms with Crippen LogP contribution in [0.1, 0.15) is 18.6 Å². The molecule has 1 aromatic carbocycles. The van der Waals surface area contributed by atoms with Gasteiger partial charge < -0.3 is 10.5 Å². The highest BCUT2D eigenvalue weighted by molar-refractivity contribution is 5.91. The zero-order valence-electron chi connectivity index (χ0n) is 15.1. The van der Waals surface area contributed by atoms with Crippen molar-refractivity contribution in [2.75, 3.05) is 6.61 Å². The molecule has 29 heavy (non-hydrogen) atoms. The minimum absolute atomic E-state index is 0.106. The molecule has 0 saturated heterocycles. The van der Waals surface area contributed by atoms with Crippen molar-refractivity contribution in [2.45, 2.75) is 19.5 Å². The smallest absolute Gasteiger partial charge is 0.450 e. The van der Waals surface area contributed by atoms with Gasteiger partial charge in [0.1, 0.15) is 23.7 Å². The Morgan fingerprint density at radius 2 is 1.90 bits per heavy atom. The first kappa shape index (κ1) is 18.7. The molecule has 0 atom stereocenters. The van der Waals surface area contributed by atoms with Gasteiger partial charge in [0, 0.05) is 11.8 Å². The molecule has 2 N–H and O–H groups in total. The molecule has 150 valence electrons. The molecule has 0 radical (unpaired) electrons. The van der Waals surface area contributed by atoms with Gasteiger partial charge in [0.2, 0.25) is 11.8 Å². The fraction of sp³-hybridized carbons (Fsp3) is 0.235. The second-order valence-corrected chi connectivity index (χ2v) is 6.06. The first-order valence-corrected chi connectivity index (χ1v) is 8.56. The van der Waals surface area contributed by atoms with Crippen molar-refractivity contribution < 1.29 is 17.9 Å². The highest BCUT2D eigenvalue weighted by Crippen LogP contribution is 2.32. The Bertz CT molecular complexity index is 1090. The quantitative estimate of drug-likeness (QED) is 0.720. The van der Waals surface area contributed by atoms with E-state index in [9.17, 15) is 13.2 Å². The van der Waals surface area contributed by atoms with Crippen molar-refractivity contribution in [3.05, 3.63) is 48.4 Å². The number of hydrogen-bond acceptors (Lipinski definition) is 7. The predicted molar refractivity (Wildman–Crippen MR) is 97.4 cm³/mol. The Hall–Kier alpha value is -3.70. The number of rotatable bonds is 3. The van der Waals surface area contributed by atoms with Gasteiger partial charge in [0.25, 0.3) is 0 Å². The minimum Gasteiger partial charge on any atom is -0.494 e. The number of amidine groups is 1. The first-order valence-electron chi connectivity index (χ1n) is 8.56. The van der Waals surface area contributed by atoms with E-state index in [0.717, 1.165) is 4.57 Å². The van der Waals surface area contributed by atoms with Gasteiger partial charge in [-0.15, -0.1) is 20.4 Å². The van der Waals surface area contributed by atoms with Crippen molar-refractivity contribution in [3.63, 3.8) is 0 Å². The second kappa shape index (κ2) is 7.04. The number of alkyl halides is 3. The molecule has 0 saturated carbocycles. The Kier molecular flexibility index (Phi) is 4.53. The van der Waals surface area contributed by atoms with Gasteiger partial charge in [-0.3, -0.25) is 9.13 Å². The number of ether oxygens (including phenoxy) is 1. The van der Waals surface area contributed by atoms with Crippen LogP contribution in [0.5, 0.6) is 5.75 Å². The molecule has 0 fully saturated rings. The molecule has 1 aliphatic rings. The molecular weight excluding hydrogens is 389 g/mol. The monoisotopic (exact) mass is 404 g/mol. The number of imidazole rings is 1. The Morgan fingerprint density at radius 1 is 1.14 bits per heavy atom. The van der Waals surface area contributed by atoms with Crippen LogP contribution >= 0.6 is 0 Å². The third-order valence-corrected chi connectivity index (χ3v) is 4.08. The van der Waals surface area contributed by atoms with E-state index in [2.05, 4.69) is 25.4 Å². The number of halogens is 3. The Labute approximate surface area is 162 Å². The summed E-state index contributed by atoms with van der Waals surface area (Å²) in [6.45, 7) is 2.32. The van der Waals surface area contributed by atoms with Gasteiger partial charge in [-0.25, -0.2) is 4.98 Å². The normalized spacial score (nSPS) is 14.1. The standard InChI is InChI=1S/C17H15F3N8O/c1-2-29-11-5-3-10(4-6-11)12-8-27(15(23-12)17(18,19)20)16-26-24-13(21)7-14-25-22-9-28(14)16/h3-6,8-9H,2,7H2,1H3,(H2,21,24). The maximum Gasteiger partial charge on any atom is 0.450 e. The third kappa shape index (κ3) is 3.56. The maximum atomic E-state index is 13.7. The molecule has 3 heterocycles. The lowest BCUT2D eigenvalue weighted by atomic mass is 10.2. The molecule has 0 bridgehead atoms. The fourth-order valence-corrected chi connectivity index (χ4v) is 2.83. The van der Waals surface area contributed by atoms with Gasteiger partial charge in [-0.2, -0.15) is 13.2 Å². The van der Waals surface area contributed by atoms with E-state index in [-0.39, 0.29) is 23.9 Å². The van der Waals surface area contributed by atoms with Gasteiger partial charge in [0.05, 0.1) is 18.7 Å². The van der Waals surface area contributed by atoms with Crippen molar-refractivity contribution in [2.24, 2.45) is 15.9 Å². The zero-order chi connectivity index (χ0) is 20.6. The average Bonchev–Trinajstić information content (AvgIpc) is 3.28. The van der Waals surface area contributed by atoms with E-state index in [1.54, 1.807) is 24.3 Å². The lowest BCUT2D eigenvalue weighted by Gasteiger charge is -2.12. The van der Waals surface area contributed by atoms with Crippen LogP contribution in [0.15, 0.2) is 47.0 Å².